The summed E-state index contributed by atoms with van der Waals surface area (Å²) in [5.41, 5.74) is 1.83. The average molecular weight is 374 g/mol. The van der Waals surface area contributed by atoms with Crippen LogP contribution in [-0.2, 0) is 4.79 Å². The van der Waals surface area contributed by atoms with Crippen molar-refractivity contribution in [3.8, 4) is 0 Å². The predicted molar refractivity (Wildman–Crippen MR) is 100 cm³/mol. The monoisotopic (exact) mass is 373 g/mol. The molecule has 1 amide bonds. The lowest BCUT2D eigenvalue weighted by Crippen LogP contribution is -2.48. The Morgan fingerprint density at radius 1 is 1.33 bits per heavy atom. The fourth-order valence-electron chi connectivity index (χ4n) is 2.73. The first kappa shape index (κ1) is 19.2. The fraction of sp³-hybridized carbons (Fsp3) is 0.588. The summed E-state index contributed by atoms with van der Waals surface area (Å²) in [5, 5.41) is 13.3. The number of nitrogens with one attached hydrogen (secondary N) is 1. The number of halogens is 2. The molecule has 1 saturated heterocycles. The van der Waals surface area contributed by atoms with Crippen LogP contribution in [0.5, 0.6) is 0 Å². The maximum atomic E-state index is 11.9. The molecule has 1 aromatic rings. The number of hydrogen-bond donors (Lipinski definition) is 2. The van der Waals surface area contributed by atoms with Crippen molar-refractivity contribution in [1.82, 2.24) is 4.90 Å². The topological polar surface area (TPSA) is 55.8 Å². The third kappa shape index (κ3) is 5.16. The third-order valence-corrected chi connectivity index (χ3v) is 4.76. The number of amides is 1. The summed E-state index contributed by atoms with van der Waals surface area (Å²) >= 11 is 12.0. The zero-order valence-corrected chi connectivity index (χ0v) is 15.5. The fourth-order valence-corrected chi connectivity index (χ4v) is 3.14. The zero-order chi connectivity index (χ0) is 17.5. The van der Waals surface area contributed by atoms with Gasteiger partial charge in [-0.15, -0.1) is 11.6 Å². The van der Waals surface area contributed by atoms with Gasteiger partial charge in [0.15, 0.2) is 0 Å². The number of carbonyl (C=O) groups excluding carboxylic acids is 1. The molecule has 134 valence electrons. The van der Waals surface area contributed by atoms with E-state index >= 15 is 0 Å². The maximum Gasteiger partial charge on any atom is 0.222 e. The van der Waals surface area contributed by atoms with Crippen LogP contribution in [0.2, 0.25) is 5.02 Å². The van der Waals surface area contributed by atoms with Crippen molar-refractivity contribution in [2.75, 3.05) is 48.8 Å². The standard InChI is InChI=1S/C17H25Cl2N3O2/c1-2-3-17(24)22-8-6-21(7-9-22)16-5-4-13(10-15(16)19)20-12-14(23)11-18/h4-5,10,14,20,23H,2-3,6-9,11-12H2,1H3. The molecule has 2 rings (SSSR count). The highest BCUT2D eigenvalue weighted by atomic mass is 35.5. The lowest BCUT2D eigenvalue weighted by Gasteiger charge is -2.36. The normalized spacial score (nSPS) is 16.2. The van der Waals surface area contributed by atoms with E-state index in [4.69, 9.17) is 23.2 Å². The summed E-state index contributed by atoms with van der Waals surface area (Å²) in [6.07, 6.45) is 0.923. The van der Waals surface area contributed by atoms with Gasteiger partial charge < -0.3 is 20.2 Å². The third-order valence-electron chi connectivity index (χ3n) is 4.10. The van der Waals surface area contributed by atoms with Crippen molar-refractivity contribution in [2.24, 2.45) is 0 Å². The van der Waals surface area contributed by atoms with E-state index in [0.717, 1.165) is 44.0 Å². The quantitative estimate of drug-likeness (QED) is 0.721. The largest absolute Gasteiger partial charge is 0.390 e. The molecule has 1 aliphatic rings. The lowest BCUT2D eigenvalue weighted by molar-refractivity contribution is -0.131. The Morgan fingerprint density at radius 2 is 2.04 bits per heavy atom. The molecule has 1 unspecified atom stereocenters. The Balaban J connectivity index is 1.92. The van der Waals surface area contributed by atoms with Crippen LogP contribution in [0.4, 0.5) is 11.4 Å². The summed E-state index contributed by atoms with van der Waals surface area (Å²) in [6.45, 7) is 5.45. The Hall–Kier alpha value is -1.17. The van der Waals surface area contributed by atoms with Crippen LogP contribution in [0.15, 0.2) is 18.2 Å². The molecule has 0 radical (unpaired) electrons. The van der Waals surface area contributed by atoms with E-state index in [2.05, 4.69) is 10.2 Å². The van der Waals surface area contributed by atoms with Gasteiger partial charge in [0.2, 0.25) is 5.91 Å². The SMILES string of the molecule is CCCC(=O)N1CCN(c2ccc(NCC(O)CCl)cc2Cl)CC1. The Morgan fingerprint density at radius 3 is 2.62 bits per heavy atom. The molecule has 24 heavy (non-hydrogen) atoms. The van der Waals surface area contributed by atoms with E-state index in [1.807, 2.05) is 30.0 Å². The first-order valence-corrected chi connectivity index (χ1v) is 9.26. The summed E-state index contributed by atoms with van der Waals surface area (Å²) in [4.78, 5) is 16.1. The first-order chi connectivity index (χ1) is 11.5. The maximum absolute atomic E-state index is 11.9. The smallest absolute Gasteiger partial charge is 0.222 e. The highest BCUT2D eigenvalue weighted by Gasteiger charge is 2.21. The molecule has 0 aliphatic carbocycles. The van der Waals surface area contributed by atoms with Crippen molar-refractivity contribution >= 4 is 40.5 Å². The van der Waals surface area contributed by atoms with E-state index < -0.39 is 6.10 Å². The minimum atomic E-state index is -0.584. The van der Waals surface area contributed by atoms with Crippen LogP contribution in [0.1, 0.15) is 19.8 Å². The van der Waals surface area contributed by atoms with Crippen LogP contribution >= 0.6 is 23.2 Å². The number of anilines is 2. The predicted octanol–water partition coefficient (Wildman–Crippen LogP) is 2.80. The number of piperazine rings is 1. The van der Waals surface area contributed by atoms with Crippen molar-refractivity contribution in [3.05, 3.63) is 23.2 Å². The van der Waals surface area contributed by atoms with Gasteiger partial charge in [-0.25, -0.2) is 0 Å². The van der Waals surface area contributed by atoms with Gasteiger partial charge in [0.1, 0.15) is 0 Å². The van der Waals surface area contributed by atoms with Gasteiger partial charge in [-0.1, -0.05) is 18.5 Å². The van der Waals surface area contributed by atoms with Gasteiger partial charge in [-0.2, -0.15) is 0 Å². The zero-order valence-electron chi connectivity index (χ0n) is 14.0. The first-order valence-electron chi connectivity index (χ1n) is 8.35. The van der Waals surface area contributed by atoms with E-state index in [1.54, 1.807) is 0 Å². The van der Waals surface area contributed by atoms with Crippen molar-refractivity contribution in [1.29, 1.82) is 0 Å². The van der Waals surface area contributed by atoms with Gasteiger partial charge in [0.05, 0.1) is 22.7 Å². The van der Waals surface area contributed by atoms with Crippen LogP contribution in [0, 0.1) is 0 Å². The molecule has 1 fully saturated rings. The molecule has 7 heteroatoms. The van der Waals surface area contributed by atoms with E-state index in [-0.39, 0.29) is 11.8 Å². The number of alkyl halides is 1. The number of benzene rings is 1. The van der Waals surface area contributed by atoms with Gasteiger partial charge >= 0.3 is 0 Å². The molecule has 1 aliphatic heterocycles. The van der Waals surface area contributed by atoms with Crippen molar-refractivity contribution in [3.63, 3.8) is 0 Å². The highest BCUT2D eigenvalue weighted by molar-refractivity contribution is 6.33. The molecule has 1 aromatic carbocycles. The second-order valence-corrected chi connectivity index (χ2v) is 6.69. The number of aliphatic hydroxyl groups is 1. The molecule has 1 atom stereocenters. The van der Waals surface area contributed by atoms with Crippen LogP contribution < -0.4 is 10.2 Å². The molecule has 0 spiro atoms. The number of hydrogen-bond acceptors (Lipinski definition) is 4. The van der Waals surface area contributed by atoms with E-state index in [0.29, 0.717) is 18.0 Å². The van der Waals surface area contributed by atoms with Gasteiger partial charge in [-0.05, 0) is 24.6 Å². The molecule has 5 nitrogen and oxygen atoms in total. The number of rotatable bonds is 7. The van der Waals surface area contributed by atoms with Gasteiger partial charge in [-0.3, -0.25) is 4.79 Å². The molecule has 0 saturated carbocycles. The average Bonchev–Trinajstić information content (AvgIpc) is 2.60. The van der Waals surface area contributed by atoms with Gasteiger partial charge in [0, 0.05) is 44.8 Å². The Labute approximate surface area is 153 Å². The molecule has 2 N–H and O–H groups in total. The minimum Gasteiger partial charge on any atom is -0.390 e. The lowest BCUT2D eigenvalue weighted by atomic mass is 10.2. The van der Waals surface area contributed by atoms with Crippen LogP contribution in [0.25, 0.3) is 0 Å². The number of aliphatic hydroxyl groups excluding tert-OH is 1. The summed E-state index contributed by atoms with van der Waals surface area (Å²) in [5.74, 6) is 0.431. The molecular weight excluding hydrogens is 349 g/mol. The Kier molecular flexibility index (Phi) is 7.46. The van der Waals surface area contributed by atoms with E-state index in [9.17, 15) is 9.90 Å². The minimum absolute atomic E-state index is 0.194. The van der Waals surface area contributed by atoms with Crippen molar-refractivity contribution < 1.29 is 9.90 Å². The van der Waals surface area contributed by atoms with Crippen LogP contribution in [0.3, 0.4) is 0 Å². The van der Waals surface area contributed by atoms with Gasteiger partial charge in [0.25, 0.3) is 0 Å². The van der Waals surface area contributed by atoms with Crippen LogP contribution in [-0.4, -0.2) is 60.6 Å². The number of carbonyl (C=O) groups is 1. The Bertz CT molecular complexity index is 549. The summed E-state index contributed by atoms with van der Waals surface area (Å²) < 4.78 is 0. The molecule has 0 bridgehead atoms. The van der Waals surface area contributed by atoms with Crippen molar-refractivity contribution in [2.45, 2.75) is 25.9 Å². The van der Waals surface area contributed by atoms with E-state index in [1.165, 1.54) is 0 Å². The summed E-state index contributed by atoms with van der Waals surface area (Å²) in [6, 6.07) is 5.77. The second-order valence-electron chi connectivity index (χ2n) is 5.97. The molecule has 0 aromatic heterocycles. The summed E-state index contributed by atoms with van der Waals surface area (Å²) in [7, 11) is 0. The second kappa shape index (κ2) is 9.35. The number of nitrogens with zero attached hydrogens (tertiary/aromatic N) is 2. The molecular formula is C17H25Cl2N3O2. The molecule has 1 heterocycles. The highest BCUT2D eigenvalue weighted by Crippen LogP contribution is 2.29.